The second kappa shape index (κ2) is 8.27. The van der Waals surface area contributed by atoms with Crippen LogP contribution in [0.5, 0.6) is 5.75 Å². The first-order chi connectivity index (χ1) is 12.5. The standard InChI is InChI=1S/C20H21F2NO3/c21-16-6-7-18(17(22)12-16)26-13-19(24)23-10-8-15(9-11-23)20(25)14-4-2-1-3-5-14/h1-7,12,15,20,25H,8-11,13H2. The van der Waals surface area contributed by atoms with Crippen molar-refractivity contribution in [3.63, 3.8) is 0 Å². The lowest BCUT2D eigenvalue weighted by atomic mass is 9.87. The average molecular weight is 361 g/mol. The minimum Gasteiger partial charge on any atom is -0.481 e. The van der Waals surface area contributed by atoms with Crippen LogP contribution in [0, 0.1) is 17.6 Å². The van der Waals surface area contributed by atoms with Gasteiger partial charge in [-0.15, -0.1) is 0 Å². The smallest absolute Gasteiger partial charge is 0.260 e. The van der Waals surface area contributed by atoms with Crippen LogP contribution in [0.25, 0.3) is 0 Å². The molecule has 0 spiro atoms. The second-order valence-corrected chi connectivity index (χ2v) is 6.44. The molecule has 1 aliphatic rings. The highest BCUT2D eigenvalue weighted by Crippen LogP contribution is 2.30. The molecule has 138 valence electrons. The van der Waals surface area contributed by atoms with Crippen LogP contribution < -0.4 is 4.74 Å². The zero-order chi connectivity index (χ0) is 18.5. The number of likely N-dealkylation sites (tertiary alicyclic amines) is 1. The van der Waals surface area contributed by atoms with Crippen molar-refractivity contribution in [2.24, 2.45) is 5.92 Å². The van der Waals surface area contributed by atoms with Gasteiger partial charge in [-0.2, -0.15) is 0 Å². The van der Waals surface area contributed by atoms with Gasteiger partial charge in [0, 0.05) is 19.2 Å². The van der Waals surface area contributed by atoms with Crippen LogP contribution in [-0.4, -0.2) is 35.6 Å². The number of halogens is 2. The maximum atomic E-state index is 13.5. The summed E-state index contributed by atoms with van der Waals surface area (Å²) in [5.74, 6) is -1.82. The number of nitrogens with zero attached hydrogens (tertiary/aromatic N) is 1. The van der Waals surface area contributed by atoms with Gasteiger partial charge in [0.25, 0.3) is 5.91 Å². The third kappa shape index (κ3) is 4.38. The number of hydrogen-bond donors (Lipinski definition) is 1. The van der Waals surface area contributed by atoms with Gasteiger partial charge in [-0.3, -0.25) is 4.79 Å². The molecule has 1 unspecified atom stereocenters. The van der Waals surface area contributed by atoms with Crippen molar-refractivity contribution >= 4 is 5.91 Å². The number of hydrogen-bond acceptors (Lipinski definition) is 3. The third-order valence-electron chi connectivity index (χ3n) is 4.73. The lowest BCUT2D eigenvalue weighted by Gasteiger charge is -2.34. The molecule has 26 heavy (non-hydrogen) atoms. The largest absolute Gasteiger partial charge is 0.481 e. The first-order valence-corrected chi connectivity index (χ1v) is 8.63. The summed E-state index contributed by atoms with van der Waals surface area (Å²) in [4.78, 5) is 13.9. The summed E-state index contributed by atoms with van der Waals surface area (Å²) in [6.07, 6.45) is 0.831. The minimum atomic E-state index is -0.831. The Morgan fingerprint density at radius 3 is 2.50 bits per heavy atom. The molecular weight excluding hydrogens is 340 g/mol. The van der Waals surface area contributed by atoms with Gasteiger partial charge in [0.1, 0.15) is 5.82 Å². The second-order valence-electron chi connectivity index (χ2n) is 6.44. The van der Waals surface area contributed by atoms with Crippen molar-refractivity contribution in [3.8, 4) is 5.75 Å². The van der Waals surface area contributed by atoms with E-state index in [2.05, 4.69) is 0 Å². The number of aliphatic hydroxyl groups excluding tert-OH is 1. The van der Waals surface area contributed by atoms with Gasteiger partial charge in [0.05, 0.1) is 6.10 Å². The zero-order valence-electron chi connectivity index (χ0n) is 14.3. The molecule has 0 radical (unpaired) electrons. The van der Waals surface area contributed by atoms with E-state index in [9.17, 15) is 18.7 Å². The molecule has 1 heterocycles. The Balaban J connectivity index is 1.49. The predicted molar refractivity (Wildman–Crippen MR) is 92.6 cm³/mol. The Bertz CT molecular complexity index is 746. The summed E-state index contributed by atoms with van der Waals surface area (Å²) in [7, 11) is 0. The fourth-order valence-corrected chi connectivity index (χ4v) is 3.21. The molecule has 1 N–H and O–H groups in total. The molecule has 1 aliphatic heterocycles. The number of carbonyl (C=O) groups is 1. The van der Waals surface area contributed by atoms with E-state index in [1.807, 2.05) is 30.3 Å². The molecule has 2 aromatic rings. The normalized spacial score (nSPS) is 16.3. The van der Waals surface area contributed by atoms with Gasteiger partial charge in [-0.05, 0) is 36.5 Å². The van der Waals surface area contributed by atoms with Gasteiger partial charge in [-0.1, -0.05) is 30.3 Å². The van der Waals surface area contributed by atoms with Crippen molar-refractivity contribution in [3.05, 3.63) is 65.7 Å². The summed E-state index contributed by atoms with van der Waals surface area (Å²) in [5, 5.41) is 10.5. The van der Waals surface area contributed by atoms with Crippen molar-refractivity contribution < 1.29 is 23.4 Å². The van der Waals surface area contributed by atoms with E-state index in [0.717, 1.165) is 17.7 Å². The molecule has 1 amide bonds. The van der Waals surface area contributed by atoms with E-state index in [1.54, 1.807) is 4.90 Å². The van der Waals surface area contributed by atoms with E-state index in [0.29, 0.717) is 25.9 Å². The van der Waals surface area contributed by atoms with E-state index in [-0.39, 0.29) is 24.2 Å². The van der Waals surface area contributed by atoms with Gasteiger partial charge in [-0.25, -0.2) is 8.78 Å². The van der Waals surface area contributed by atoms with Crippen LogP contribution in [0.15, 0.2) is 48.5 Å². The predicted octanol–water partition coefficient (Wildman–Crippen LogP) is 3.32. The lowest BCUT2D eigenvalue weighted by Crippen LogP contribution is -2.42. The molecular formula is C20H21F2NO3. The molecule has 1 saturated heterocycles. The van der Waals surface area contributed by atoms with Crippen LogP contribution >= 0.6 is 0 Å². The monoisotopic (exact) mass is 361 g/mol. The summed E-state index contributed by atoms with van der Waals surface area (Å²) in [6.45, 7) is 0.736. The first-order valence-electron chi connectivity index (χ1n) is 8.63. The lowest BCUT2D eigenvalue weighted by molar-refractivity contribution is -0.135. The molecule has 4 nitrogen and oxygen atoms in total. The van der Waals surface area contributed by atoms with Crippen LogP contribution in [0.4, 0.5) is 8.78 Å². The van der Waals surface area contributed by atoms with Gasteiger partial charge < -0.3 is 14.7 Å². The molecule has 1 atom stereocenters. The third-order valence-corrected chi connectivity index (χ3v) is 4.73. The summed E-state index contributed by atoms with van der Waals surface area (Å²) in [5.41, 5.74) is 0.882. The molecule has 3 rings (SSSR count). The number of ether oxygens (including phenoxy) is 1. The highest BCUT2D eigenvalue weighted by molar-refractivity contribution is 5.77. The maximum Gasteiger partial charge on any atom is 0.260 e. The number of rotatable bonds is 5. The van der Waals surface area contributed by atoms with Crippen LogP contribution in [0.3, 0.4) is 0 Å². The molecule has 6 heteroatoms. The molecule has 0 aromatic heterocycles. The fraction of sp³-hybridized carbons (Fsp3) is 0.350. The Kier molecular flexibility index (Phi) is 5.83. The Labute approximate surface area is 151 Å². The number of piperidine rings is 1. The van der Waals surface area contributed by atoms with Crippen molar-refractivity contribution in [1.82, 2.24) is 4.90 Å². The topological polar surface area (TPSA) is 49.8 Å². The van der Waals surface area contributed by atoms with Gasteiger partial charge >= 0.3 is 0 Å². The summed E-state index contributed by atoms with van der Waals surface area (Å²) < 4.78 is 31.6. The molecule has 1 fully saturated rings. The number of aliphatic hydroxyl groups is 1. The Morgan fingerprint density at radius 2 is 1.85 bits per heavy atom. The van der Waals surface area contributed by atoms with Gasteiger partial charge in [0.15, 0.2) is 18.2 Å². The summed E-state index contributed by atoms with van der Waals surface area (Å²) >= 11 is 0. The van der Waals surface area contributed by atoms with E-state index >= 15 is 0 Å². The quantitative estimate of drug-likeness (QED) is 0.889. The zero-order valence-corrected chi connectivity index (χ0v) is 14.3. The minimum absolute atomic E-state index is 0.0944. The van der Waals surface area contributed by atoms with Crippen molar-refractivity contribution in [2.45, 2.75) is 18.9 Å². The molecule has 2 aromatic carbocycles. The van der Waals surface area contributed by atoms with E-state index in [1.165, 1.54) is 6.07 Å². The number of carbonyl (C=O) groups excluding carboxylic acids is 1. The Morgan fingerprint density at radius 1 is 1.15 bits per heavy atom. The Hall–Kier alpha value is -2.47. The summed E-state index contributed by atoms with van der Waals surface area (Å²) in [6, 6.07) is 12.4. The van der Waals surface area contributed by atoms with Crippen LogP contribution in [-0.2, 0) is 4.79 Å². The number of amides is 1. The SMILES string of the molecule is O=C(COc1ccc(F)cc1F)N1CCC(C(O)c2ccccc2)CC1. The van der Waals surface area contributed by atoms with E-state index in [4.69, 9.17) is 4.74 Å². The highest BCUT2D eigenvalue weighted by atomic mass is 19.1. The van der Waals surface area contributed by atoms with Crippen LogP contribution in [0.1, 0.15) is 24.5 Å². The van der Waals surface area contributed by atoms with Crippen molar-refractivity contribution in [1.29, 1.82) is 0 Å². The maximum absolute atomic E-state index is 13.5. The number of benzene rings is 2. The average Bonchev–Trinajstić information content (AvgIpc) is 2.67. The molecule has 0 bridgehead atoms. The van der Waals surface area contributed by atoms with E-state index < -0.39 is 17.7 Å². The van der Waals surface area contributed by atoms with Crippen molar-refractivity contribution in [2.75, 3.05) is 19.7 Å². The molecule has 0 aliphatic carbocycles. The highest BCUT2D eigenvalue weighted by Gasteiger charge is 2.28. The van der Waals surface area contributed by atoms with Crippen LogP contribution in [0.2, 0.25) is 0 Å². The van der Waals surface area contributed by atoms with Gasteiger partial charge in [0.2, 0.25) is 0 Å². The molecule has 0 saturated carbocycles. The fourth-order valence-electron chi connectivity index (χ4n) is 3.21. The first kappa shape index (κ1) is 18.3.